The van der Waals surface area contributed by atoms with E-state index in [-0.39, 0.29) is 11.5 Å². The average Bonchev–Trinajstić information content (AvgIpc) is 2.41. The summed E-state index contributed by atoms with van der Waals surface area (Å²) in [6.07, 6.45) is 0. The van der Waals surface area contributed by atoms with E-state index in [1.807, 2.05) is 13.8 Å². The normalized spacial score (nSPS) is 11.3. The van der Waals surface area contributed by atoms with Crippen LogP contribution in [0.1, 0.15) is 16.7 Å². The zero-order chi connectivity index (χ0) is 14.8. The summed E-state index contributed by atoms with van der Waals surface area (Å²) in [5, 5.41) is 9.12. The molecule has 2 aromatic carbocycles. The van der Waals surface area contributed by atoms with E-state index in [1.54, 1.807) is 42.5 Å². The van der Waals surface area contributed by atoms with Gasteiger partial charge in [0.25, 0.3) is 10.0 Å². The van der Waals surface area contributed by atoms with Gasteiger partial charge in [0.05, 0.1) is 17.2 Å². The van der Waals surface area contributed by atoms with Gasteiger partial charge in [-0.1, -0.05) is 29.8 Å². The van der Waals surface area contributed by atoms with Gasteiger partial charge in [-0.3, -0.25) is 4.72 Å². The van der Waals surface area contributed by atoms with Crippen molar-refractivity contribution in [3.8, 4) is 0 Å². The molecule has 0 aliphatic carbocycles. The van der Waals surface area contributed by atoms with Crippen LogP contribution in [0.5, 0.6) is 0 Å². The second-order valence-electron chi connectivity index (χ2n) is 4.73. The summed E-state index contributed by atoms with van der Waals surface area (Å²) < 4.78 is 27.1. The number of hydrogen-bond donors (Lipinski definition) is 2. The van der Waals surface area contributed by atoms with Gasteiger partial charge in [-0.25, -0.2) is 8.42 Å². The third-order valence-corrected chi connectivity index (χ3v) is 4.44. The third-order valence-electron chi connectivity index (χ3n) is 3.06. The molecule has 5 heteroatoms. The Labute approximate surface area is 119 Å². The van der Waals surface area contributed by atoms with Gasteiger partial charge in [-0.15, -0.1) is 0 Å². The van der Waals surface area contributed by atoms with Crippen molar-refractivity contribution in [3.63, 3.8) is 0 Å². The highest BCUT2D eigenvalue weighted by atomic mass is 32.2. The summed E-state index contributed by atoms with van der Waals surface area (Å²) in [4.78, 5) is 0.219. The molecule has 2 rings (SSSR count). The van der Waals surface area contributed by atoms with Crippen molar-refractivity contribution in [2.24, 2.45) is 0 Å². The predicted molar refractivity (Wildman–Crippen MR) is 79.1 cm³/mol. The van der Waals surface area contributed by atoms with Gasteiger partial charge >= 0.3 is 0 Å². The van der Waals surface area contributed by atoms with Crippen molar-refractivity contribution in [2.45, 2.75) is 25.3 Å². The van der Waals surface area contributed by atoms with Gasteiger partial charge in [0.2, 0.25) is 0 Å². The second-order valence-corrected chi connectivity index (χ2v) is 6.41. The van der Waals surface area contributed by atoms with E-state index in [0.717, 1.165) is 11.1 Å². The average molecular weight is 291 g/mol. The van der Waals surface area contributed by atoms with Crippen molar-refractivity contribution in [1.29, 1.82) is 0 Å². The Morgan fingerprint density at radius 1 is 1.05 bits per heavy atom. The highest BCUT2D eigenvalue weighted by Crippen LogP contribution is 2.21. The Morgan fingerprint density at radius 3 is 2.30 bits per heavy atom. The van der Waals surface area contributed by atoms with Crippen LogP contribution < -0.4 is 4.72 Å². The first-order chi connectivity index (χ1) is 9.42. The lowest BCUT2D eigenvalue weighted by molar-refractivity contribution is 0.282. The highest BCUT2D eigenvalue weighted by Gasteiger charge is 2.15. The number of anilines is 1. The molecule has 20 heavy (non-hydrogen) atoms. The van der Waals surface area contributed by atoms with Crippen molar-refractivity contribution in [2.75, 3.05) is 4.72 Å². The van der Waals surface area contributed by atoms with Gasteiger partial charge < -0.3 is 5.11 Å². The van der Waals surface area contributed by atoms with Crippen molar-refractivity contribution in [1.82, 2.24) is 0 Å². The molecule has 0 heterocycles. The van der Waals surface area contributed by atoms with Crippen LogP contribution in [0.25, 0.3) is 0 Å². The fourth-order valence-electron chi connectivity index (χ4n) is 1.80. The van der Waals surface area contributed by atoms with Gasteiger partial charge in [-0.05, 0) is 43.2 Å². The number of sulfonamides is 1. The molecule has 2 aromatic rings. The molecule has 0 aliphatic rings. The van der Waals surface area contributed by atoms with E-state index in [0.29, 0.717) is 11.3 Å². The summed E-state index contributed by atoms with van der Waals surface area (Å²) in [5.41, 5.74) is 2.95. The Morgan fingerprint density at radius 2 is 1.70 bits per heavy atom. The number of nitrogens with one attached hydrogen (secondary N) is 1. The number of aryl methyl sites for hydroxylation is 2. The van der Waals surface area contributed by atoms with Crippen LogP contribution in [0.3, 0.4) is 0 Å². The van der Waals surface area contributed by atoms with Gasteiger partial charge in [0.1, 0.15) is 0 Å². The van der Waals surface area contributed by atoms with Gasteiger partial charge in [-0.2, -0.15) is 0 Å². The van der Waals surface area contributed by atoms with Crippen molar-refractivity contribution in [3.05, 3.63) is 59.2 Å². The summed E-state index contributed by atoms with van der Waals surface area (Å²) >= 11 is 0. The summed E-state index contributed by atoms with van der Waals surface area (Å²) in [6, 6.07) is 11.8. The second kappa shape index (κ2) is 5.64. The first kappa shape index (κ1) is 14.6. The first-order valence-electron chi connectivity index (χ1n) is 6.22. The number of rotatable bonds is 4. The molecular formula is C15H17NO3S. The lowest BCUT2D eigenvalue weighted by Crippen LogP contribution is -2.14. The minimum Gasteiger partial charge on any atom is -0.392 e. The molecule has 0 spiro atoms. The maximum absolute atomic E-state index is 12.3. The summed E-state index contributed by atoms with van der Waals surface area (Å²) in [5.74, 6) is 0. The smallest absolute Gasteiger partial charge is 0.261 e. The van der Waals surface area contributed by atoms with E-state index >= 15 is 0 Å². The molecule has 0 bridgehead atoms. The molecule has 0 aromatic heterocycles. The fraction of sp³-hybridized carbons (Fsp3) is 0.200. The van der Waals surface area contributed by atoms with Crippen molar-refractivity contribution >= 4 is 15.7 Å². The molecule has 0 unspecified atom stereocenters. The SMILES string of the molecule is Cc1ccc(S(=O)(=O)Nc2cc(CO)ccc2C)cc1. The monoisotopic (exact) mass is 291 g/mol. The van der Waals surface area contributed by atoms with E-state index < -0.39 is 10.0 Å². The van der Waals surface area contributed by atoms with Crippen LogP contribution in [0, 0.1) is 13.8 Å². The minimum atomic E-state index is -3.61. The topological polar surface area (TPSA) is 66.4 Å². The zero-order valence-electron chi connectivity index (χ0n) is 11.4. The Kier molecular flexibility index (Phi) is 4.11. The number of aliphatic hydroxyl groups excluding tert-OH is 1. The van der Waals surface area contributed by atoms with Gasteiger partial charge in [0.15, 0.2) is 0 Å². The van der Waals surface area contributed by atoms with Crippen LogP contribution in [0.4, 0.5) is 5.69 Å². The Balaban J connectivity index is 2.35. The third kappa shape index (κ3) is 3.18. The minimum absolute atomic E-state index is 0.125. The molecule has 106 valence electrons. The zero-order valence-corrected chi connectivity index (χ0v) is 12.2. The molecule has 0 radical (unpaired) electrons. The van der Waals surface area contributed by atoms with Crippen molar-refractivity contribution < 1.29 is 13.5 Å². The fourth-order valence-corrected chi connectivity index (χ4v) is 2.92. The molecule has 0 saturated heterocycles. The maximum atomic E-state index is 12.3. The Hall–Kier alpha value is -1.85. The summed E-state index contributed by atoms with van der Waals surface area (Å²) in [6.45, 7) is 3.59. The van der Waals surface area contributed by atoms with Crippen LogP contribution in [0.15, 0.2) is 47.4 Å². The molecular weight excluding hydrogens is 274 g/mol. The van der Waals surface area contributed by atoms with E-state index in [9.17, 15) is 8.42 Å². The standard InChI is InChI=1S/C15H17NO3S/c1-11-3-7-14(8-4-11)20(18,19)16-15-9-13(10-17)6-5-12(15)2/h3-9,16-17H,10H2,1-2H3. The Bertz CT molecular complexity index is 706. The van der Waals surface area contributed by atoms with Gasteiger partial charge in [0, 0.05) is 0 Å². The van der Waals surface area contributed by atoms with Crippen LogP contribution >= 0.6 is 0 Å². The largest absolute Gasteiger partial charge is 0.392 e. The van der Waals surface area contributed by atoms with Crippen LogP contribution in [0.2, 0.25) is 0 Å². The molecule has 0 saturated carbocycles. The lowest BCUT2D eigenvalue weighted by atomic mass is 10.1. The first-order valence-corrected chi connectivity index (χ1v) is 7.70. The van der Waals surface area contributed by atoms with E-state index in [1.165, 1.54) is 0 Å². The van der Waals surface area contributed by atoms with E-state index in [2.05, 4.69) is 4.72 Å². The number of aliphatic hydroxyl groups is 1. The molecule has 0 amide bonds. The van der Waals surface area contributed by atoms with Crippen LogP contribution in [-0.2, 0) is 16.6 Å². The lowest BCUT2D eigenvalue weighted by Gasteiger charge is -2.12. The van der Waals surface area contributed by atoms with E-state index in [4.69, 9.17) is 5.11 Å². The van der Waals surface area contributed by atoms with Crippen LogP contribution in [-0.4, -0.2) is 13.5 Å². The summed E-state index contributed by atoms with van der Waals surface area (Å²) in [7, 11) is -3.61. The molecule has 0 atom stereocenters. The number of hydrogen-bond acceptors (Lipinski definition) is 3. The quantitative estimate of drug-likeness (QED) is 0.910. The number of benzene rings is 2. The molecule has 0 aliphatic heterocycles. The molecule has 0 fully saturated rings. The maximum Gasteiger partial charge on any atom is 0.261 e. The molecule has 4 nitrogen and oxygen atoms in total. The molecule has 2 N–H and O–H groups in total. The highest BCUT2D eigenvalue weighted by molar-refractivity contribution is 7.92. The predicted octanol–water partition coefficient (Wildman–Crippen LogP) is 2.60.